The Morgan fingerprint density at radius 1 is 1.00 bits per heavy atom. The summed E-state index contributed by atoms with van der Waals surface area (Å²) in [7, 11) is 0. The van der Waals surface area contributed by atoms with Crippen LogP contribution < -0.4 is 15.1 Å². The molecule has 0 unspecified atom stereocenters. The van der Waals surface area contributed by atoms with Gasteiger partial charge in [-0.3, -0.25) is 19.8 Å². The Hall–Kier alpha value is -3.25. The fourth-order valence-electron chi connectivity index (χ4n) is 5.12. The molecule has 2 amide bonds. The van der Waals surface area contributed by atoms with Crippen molar-refractivity contribution in [2.24, 2.45) is 0 Å². The third kappa shape index (κ3) is 4.43. The molecule has 2 aromatic carbocycles. The number of thiocarbonyl (C=S) groups is 1. The van der Waals surface area contributed by atoms with E-state index in [9.17, 15) is 9.59 Å². The number of nitrogens with zero attached hydrogens (tertiary/aromatic N) is 2. The number of benzene rings is 2. The van der Waals surface area contributed by atoms with Crippen molar-refractivity contribution in [3.05, 3.63) is 69.8 Å². The number of nitrogens with one attached hydrogen (secondary N) is 1. The maximum atomic E-state index is 13.6. The minimum absolute atomic E-state index is 0.0739. The van der Waals surface area contributed by atoms with Gasteiger partial charge in [0, 0.05) is 17.8 Å². The van der Waals surface area contributed by atoms with E-state index in [1.807, 2.05) is 39.0 Å². The zero-order valence-corrected chi connectivity index (χ0v) is 22.4. The van der Waals surface area contributed by atoms with Gasteiger partial charge in [0.2, 0.25) is 0 Å². The van der Waals surface area contributed by atoms with Crippen LogP contribution in [0, 0.1) is 20.8 Å². The number of anilines is 2. The fourth-order valence-corrected chi connectivity index (χ4v) is 5.39. The molecule has 2 heterocycles. The standard InChI is InChI=1S/C29H33N3O2S/c1-8-11-31-25-13-18(3)21(14-22(25)20(5)16-29(31,6)7)15-23-26(33)30-28(35)32(27(23)34)24-10-9-17(2)12-19(24)4/h9-10,12-16H,8,11H2,1-7H3,(H,30,33,35)/b23-15-. The quantitative estimate of drug-likeness (QED) is 0.334. The lowest BCUT2D eigenvalue weighted by Gasteiger charge is -2.43. The summed E-state index contributed by atoms with van der Waals surface area (Å²) in [5, 5.41) is 2.80. The first kappa shape index (κ1) is 24.9. The van der Waals surface area contributed by atoms with Gasteiger partial charge in [-0.25, -0.2) is 0 Å². The van der Waals surface area contributed by atoms with Gasteiger partial charge < -0.3 is 4.90 Å². The van der Waals surface area contributed by atoms with E-state index in [0.29, 0.717) is 5.69 Å². The van der Waals surface area contributed by atoms with Crippen molar-refractivity contribution in [3.63, 3.8) is 0 Å². The maximum Gasteiger partial charge on any atom is 0.270 e. The Bertz CT molecular complexity index is 1320. The number of amides is 2. The van der Waals surface area contributed by atoms with Gasteiger partial charge in [0.1, 0.15) is 5.57 Å². The second-order valence-corrected chi connectivity index (χ2v) is 10.5. The Kier molecular flexibility index (Phi) is 6.45. The molecule has 2 aliphatic heterocycles. The molecule has 0 spiro atoms. The van der Waals surface area contributed by atoms with Gasteiger partial charge in [-0.2, -0.15) is 0 Å². The predicted octanol–water partition coefficient (Wildman–Crippen LogP) is 5.86. The summed E-state index contributed by atoms with van der Waals surface area (Å²) in [4.78, 5) is 30.3. The van der Waals surface area contributed by atoms with Crippen LogP contribution in [0.5, 0.6) is 0 Å². The molecule has 0 atom stereocenters. The van der Waals surface area contributed by atoms with Crippen molar-refractivity contribution < 1.29 is 9.59 Å². The third-order valence-corrected chi connectivity index (χ3v) is 7.09. The number of allylic oxidation sites excluding steroid dienone is 1. The molecule has 182 valence electrons. The molecule has 0 bridgehead atoms. The molecule has 1 N–H and O–H groups in total. The first-order chi connectivity index (χ1) is 16.4. The van der Waals surface area contributed by atoms with Gasteiger partial charge in [-0.1, -0.05) is 30.7 Å². The lowest BCUT2D eigenvalue weighted by molar-refractivity contribution is -0.122. The smallest absolute Gasteiger partial charge is 0.270 e. The van der Waals surface area contributed by atoms with Crippen LogP contribution in [0.25, 0.3) is 11.6 Å². The Morgan fingerprint density at radius 3 is 2.37 bits per heavy atom. The molecule has 6 heteroatoms. The van der Waals surface area contributed by atoms with E-state index in [2.05, 4.69) is 56.1 Å². The number of fused-ring (bicyclic) bond motifs is 1. The second kappa shape index (κ2) is 9.08. The normalized spacial score (nSPS) is 18.5. The Labute approximate surface area is 213 Å². The highest BCUT2D eigenvalue weighted by Gasteiger charge is 2.36. The van der Waals surface area contributed by atoms with Crippen molar-refractivity contribution in [2.45, 2.75) is 60.4 Å². The van der Waals surface area contributed by atoms with Crippen LogP contribution in [0.2, 0.25) is 0 Å². The van der Waals surface area contributed by atoms with Crippen LogP contribution in [0.1, 0.15) is 61.9 Å². The topological polar surface area (TPSA) is 52.7 Å². The largest absolute Gasteiger partial charge is 0.362 e. The minimum Gasteiger partial charge on any atom is -0.362 e. The predicted molar refractivity (Wildman–Crippen MR) is 149 cm³/mol. The van der Waals surface area contributed by atoms with Crippen molar-refractivity contribution in [2.75, 3.05) is 16.3 Å². The lowest BCUT2D eigenvalue weighted by atomic mass is 9.86. The Balaban J connectivity index is 1.80. The van der Waals surface area contributed by atoms with Crippen molar-refractivity contribution in [1.29, 1.82) is 0 Å². The molecule has 2 aliphatic rings. The van der Waals surface area contributed by atoms with E-state index < -0.39 is 11.8 Å². The minimum atomic E-state index is -0.473. The van der Waals surface area contributed by atoms with E-state index in [1.165, 1.54) is 16.2 Å². The van der Waals surface area contributed by atoms with E-state index in [4.69, 9.17) is 12.2 Å². The van der Waals surface area contributed by atoms with Gasteiger partial charge in [-0.15, -0.1) is 0 Å². The summed E-state index contributed by atoms with van der Waals surface area (Å²) in [6.45, 7) is 15.7. The first-order valence-corrected chi connectivity index (χ1v) is 12.5. The van der Waals surface area contributed by atoms with Crippen molar-refractivity contribution >= 4 is 52.2 Å². The van der Waals surface area contributed by atoms with Crippen molar-refractivity contribution in [1.82, 2.24) is 5.32 Å². The molecule has 35 heavy (non-hydrogen) atoms. The number of hydrogen-bond donors (Lipinski definition) is 1. The molecule has 1 saturated heterocycles. The number of rotatable bonds is 4. The number of hydrogen-bond acceptors (Lipinski definition) is 4. The molecule has 2 aromatic rings. The number of carbonyl (C=O) groups is 2. The summed E-state index contributed by atoms with van der Waals surface area (Å²) in [6.07, 6.45) is 5.03. The van der Waals surface area contributed by atoms with Crippen LogP contribution in [0.15, 0.2) is 42.0 Å². The average molecular weight is 488 g/mol. The van der Waals surface area contributed by atoms with Gasteiger partial charge in [0.15, 0.2) is 5.11 Å². The van der Waals surface area contributed by atoms with Crippen LogP contribution >= 0.6 is 12.2 Å². The summed E-state index contributed by atoms with van der Waals surface area (Å²) >= 11 is 5.39. The molecule has 0 aliphatic carbocycles. The molecule has 0 radical (unpaired) electrons. The third-order valence-electron chi connectivity index (χ3n) is 6.81. The highest BCUT2D eigenvalue weighted by Crippen LogP contribution is 2.41. The fraction of sp³-hybridized carbons (Fsp3) is 0.345. The first-order valence-electron chi connectivity index (χ1n) is 12.1. The highest BCUT2D eigenvalue weighted by atomic mass is 32.1. The number of aryl methyl sites for hydroxylation is 3. The molecular weight excluding hydrogens is 454 g/mol. The van der Waals surface area contributed by atoms with Crippen LogP contribution in [0.3, 0.4) is 0 Å². The van der Waals surface area contributed by atoms with Gasteiger partial charge in [0.25, 0.3) is 11.8 Å². The van der Waals surface area contributed by atoms with E-state index in [1.54, 1.807) is 6.08 Å². The van der Waals surface area contributed by atoms with Crippen molar-refractivity contribution in [3.8, 4) is 0 Å². The van der Waals surface area contributed by atoms with Crippen LogP contribution in [0.4, 0.5) is 11.4 Å². The highest BCUT2D eigenvalue weighted by molar-refractivity contribution is 7.80. The monoisotopic (exact) mass is 487 g/mol. The van der Waals surface area contributed by atoms with Crippen LogP contribution in [-0.2, 0) is 9.59 Å². The lowest BCUT2D eigenvalue weighted by Crippen LogP contribution is -2.54. The summed E-state index contributed by atoms with van der Waals surface area (Å²) < 4.78 is 0. The second-order valence-electron chi connectivity index (χ2n) is 10.1. The average Bonchev–Trinajstić information content (AvgIpc) is 2.75. The summed E-state index contributed by atoms with van der Waals surface area (Å²) in [5.74, 6) is -0.886. The zero-order chi connectivity index (χ0) is 25.7. The number of carbonyl (C=O) groups excluding carboxylic acids is 2. The van der Waals surface area contributed by atoms with Gasteiger partial charge >= 0.3 is 0 Å². The molecule has 5 nitrogen and oxygen atoms in total. The summed E-state index contributed by atoms with van der Waals surface area (Å²) in [6, 6.07) is 10.1. The molecule has 4 rings (SSSR count). The SMILES string of the molecule is CCCN1c2cc(C)c(/C=C3/C(=O)NC(=S)N(c4ccc(C)cc4C)C3=O)cc2C(C)=CC1(C)C. The summed E-state index contributed by atoms with van der Waals surface area (Å²) in [5.41, 5.74) is 8.04. The maximum absolute atomic E-state index is 13.6. The molecule has 0 saturated carbocycles. The molecular formula is C29H33N3O2S. The van der Waals surface area contributed by atoms with E-state index in [0.717, 1.165) is 40.8 Å². The molecule has 1 fully saturated rings. The van der Waals surface area contributed by atoms with Crippen LogP contribution in [-0.4, -0.2) is 29.0 Å². The van der Waals surface area contributed by atoms with Gasteiger partial charge in [0.05, 0.1) is 11.2 Å². The van der Waals surface area contributed by atoms with Gasteiger partial charge in [-0.05, 0) is 107 Å². The zero-order valence-electron chi connectivity index (χ0n) is 21.6. The Morgan fingerprint density at radius 2 is 1.71 bits per heavy atom. The van der Waals surface area contributed by atoms with E-state index in [-0.39, 0.29) is 16.2 Å². The molecule has 0 aromatic heterocycles. The van der Waals surface area contributed by atoms with E-state index >= 15 is 0 Å².